The summed E-state index contributed by atoms with van der Waals surface area (Å²) in [5.41, 5.74) is 0. The summed E-state index contributed by atoms with van der Waals surface area (Å²) in [6.07, 6.45) is 1.20. The zero-order chi connectivity index (χ0) is 12.7. The number of rotatable bonds is 8. The fourth-order valence-electron chi connectivity index (χ4n) is 1.94. The Morgan fingerprint density at radius 3 is 2.65 bits per heavy atom. The van der Waals surface area contributed by atoms with Gasteiger partial charge in [-0.2, -0.15) is 0 Å². The maximum atomic E-state index is 3.45. The number of hydrogen-bond acceptors (Lipinski definition) is 3. The summed E-state index contributed by atoms with van der Waals surface area (Å²) in [6, 6.07) is 4.52. The Morgan fingerprint density at radius 1 is 1.29 bits per heavy atom. The molecule has 0 unspecified atom stereocenters. The normalized spacial score (nSPS) is 11.6. The van der Waals surface area contributed by atoms with Crippen molar-refractivity contribution in [1.29, 1.82) is 0 Å². The average Bonchev–Trinajstić information content (AvgIpc) is 2.64. The minimum Gasteiger partial charge on any atom is -0.312 e. The highest BCUT2D eigenvalue weighted by Gasteiger charge is 2.05. The Hall–Kier alpha value is -0.380. The maximum absolute atomic E-state index is 3.45. The van der Waals surface area contributed by atoms with Gasteiger partial charge in [0.25, 0.3) is 0 Å². The average molecular weight is 254 g/mol. The molecule has 17 heavy (non-hydrogen) atoms. The van der Waals surface area contributed by atoms with Crippen LogP contribution in [0, 0.1) is 5.92 Å². The van der Waals surface area contributed by atoms with E-state index in [9.17, 15) is 0 Å². The summed E-state index contributed by atoms with van der Waals surface area (Å²) >= 11 is 1.93. The molecule has 1 aromatic rings. The van der Waals surface area contributed by atoms with Gasteiger partial charge in [0.05, 0.1) is 0 Å². The third-order valence-corrected chi connectivity index (χ3v) is 3.62. The van der Waals surface area contributed by atoms with Crippen LogP contribution in [0.5, 0.6) is 0 Å². The van der Waals surface area contributed by atoms with E-state index in [1.165, 1.54) is 22.7 Å². The molecular weight excluding hydrogens is 228 g/mol. The number of thiophene rings is 1. The van der Waals surface area contributed by atoms with Crippen molar-refractivity contribution in [2.24, 2.45) is 5.92 Å². The van der Waals surface area contributed by atoms with Gasteiger partial charge in [0.2, 0.25) is 0 Å². The van der Waals surface area contributed by atoms with E-state index in [-0.39, 0.29) is 0 Å². The second kappa shape index (κ2) is 7.85. The number of nitrogens with one attached hydrogen (secondary N) is 1. The molecule has 1 heterocycles. The van der Waals surface area contributed by atoms with E-state index in [1.54, 1.807) is 0 Å². The molecule has 3 heteroatoms. The van der Waals surface area contributed by atoms with Gasteiger partial charge in [-0.05, 0) is 38.1 Å². The summed E-state index contributed by atoms with van der Waals surface area (Å²) in [5, 5.41) is 3.45. The van der Waals surface area contributed by atoms with Gasteiger partial charge in [0, 0.05) is 29.4 Å². The first-order valence-electron chi connectivity index (χ1n) is 6.58. The number of nitrogens with zero attached hydrogens (tertiary/aromatic N) is 1. The van der Waals surface area contributed by atoms with Crippen molar-refractivity contribution >= 4 is 11.3 Å². The molecule has 1 rings (SSSR count). The lowest BCUT2D eigenvalue weighted by Crippen LogP contribution is -2.22. The van der Waals surface area contributed by atoms with Gasteiger partial charge >= 0.3 is 0 Å². The highest BCUT2D eigenvalue weighted by Crippen LogP contribution is 2.18. The van der Waals surface area contributed by atoms with E-state index in [1.807, 2.05) is 11.3 Å². The predicted molar refractivity (Wildman–Crippen MR) is 77.5 cm³/mol. The van der Waals surface area contributed by atoms with E-state index in [4.69, 9.17) is 0 Å². The third-order valence-electron chi connectivity index (χ3n) is 2.55. The van der Waals surface area contributed by atoms with Crippen molar-refractivity contribution in [3.05, 3.63) is 21.9 Å². The molecule has 0 saturated heterocycles. The van der Waals surface area contributed by atoms with Crippen LogP contribution in [0.4, 0.5) is 0 Å². The minimum absolute atomic E-state index is 0.741. The highest BCUT2D eigenvalue weighted by atomic mass is 32.1. The Balaban J connectivity index is 2.34. The second-order valence-corrected chi connectivity index (χ2v) is 6.39. The monoisotopic (exact) mass is 254 g/mol. The fourth-order valence-corrected chi connectivity index (χ4v) is 3.01. The van der Waals surface area contributed by atoms with Crippen LogP contribution < -0.4 is 5.32 Å². The Morgan fingerprint density at radius 2 is 2.00 bits per heavy atom. The van der Waals surface area contributed by atoms with E-state index in [0.717, 1.165) is 25.6 Å². The Bertz CT molecular complexity index is 307. The molecule has 0 aliphatic carbocycles. The van der Waals surface area contributed by atoms with Crippen LogP contribution in [-0.2, 0) is 13.1 Å². The van der Waals surface area contributed by atoms with E-state index >= 15 is 0 Å². The summed E-state index contributed by atoms with van der Waals surface area (Å²) in [6.45, 7) is 11.1. The predicted octanol–water partition coefficient (Wildman–Crippen LogP) is 3.34. The lowest BCUT2D eigenvalue weighted by atomic mass is 10.2. The molecule has 1 aromatic heterocycles. The highest BCUT2D eigenvalue weighted by molar-refractivity contribution is 7.11. The standard InChI is InChI=1S/C14H26N2S/c1-5-8-15-9-13-6-7-14(17-13)11-16(4)10-12(2)3/h6-7,12,15H,5,8-11H2,1-4H3. The van der Waals surface area contributed by atoms with Gasteiger partial charge in [-0.15, -0.1) is 11.3 Å². The second-order valence-electron chi connectivity index (χ2n) is 5.14. The van der Waals surface area contributed by atoms with Crippen molar-refractivity contribution in [2.45, 2.75) is 40.3 Å². The van der Waals surface area contributed by atoms with Gasteiger partial charge in [-0.25, -0.2) is 0 Å². The zero-order valence-corrected chi connectivity index (χ0v) is 12.4. The molecule has 0 bridgehead atoms. The molecule has 0 aromatic carbocycles. The molecule has 98 valence electrons. The molecule has 0 fully saturated rings. The lowest BCUT2D eigenvalue weighted by molar-refractivity contribution is 0.291. The van der Waals surface area contributed by atoms with Gasteiger partial charge in [-0.1, -0.05) is 20.8 Å². The first-order chi connectivity index (χ1) is 8.11. The molecule has 0 spiro atoms. The summed E-state index contributed by atoms with van der Waals surface area (Å²) in [5.74, 6) is 0.741. The Labute approximate surface area is 110 Å². The largest absolute Gasteiger partial charge is 0.312 e. The van der Waals surface area contributed by atoms with Crippen molar-refractivity contribution in [1.82, 2.24) is 10.2 Å². The summed E-state index contributed by atoms with van der Waals surface area (Å²) in [7, 11) is 2.20. The molecule has 0 aliphatic heterocycles. The smallest absolute Gasteiger partial charge is 0.0325 e. The molecule has 0 amide bonds. The molecule has 0 saturated carbocycles. The van der Waals surface area contributed by atoms with Crippen molar-refractivity contribution in [3.8, 4) is 0 Å². The van der Waals surface area contributed by atoms with Crippen LogP contribution in [0.2, 0.25) is 0 Å². The van der Waals surface area contributed by atoms with Crippen molar-refractivity contribution in [3.63, 3.8) is 0 Å². The van der Waals surface area contributed by atoms with E-state index < -0.39 is 0 Å². The number of hydrogen-bond donors (Lipinski definition) is 1. The third kappa shape index (κ3) is 6.20. The molecule has 0 radical (unpaired) electrons. The van der Waals surface area contributed by atoms with Crippen molar-refractivity contribution < 1.29 is 0 Å². The molecule has 1 N–H and O–H groups in total. The van der Waals surface area contributed by atoms with Crippen LogP contribution in [0.15, 0.2) is 12.1 Å². The first kappa shape index (κ1) is 14.7. The van der Waals surface area contributed by atoms with Crippen LogP contribution in [0.1, 0.15) is 36.9 Å². The van der Waals surface area contributed by atoms with Gasteiger partial charge in [0.15, 0.2) is 0 Å². The molecule has 2 nitrogen and oxygen atoms in total. The Kier molecular flexibility index (Phi) is 6.78. The van der Waals surface area contributed by atoms with Crippen LogP contribution >= 0.6 is 11.3 Å². The molecular formula is C14H26N2S. The van der Waals surface area contributed by atoms with Crippen LogP contribution in [-0.4, -0.2) is 25.0 Å². The van der Waals surface area contributed by atoms with Gasteiger partial charge in [0.1, 0.15) is 0 Å². The first-order valence-corrected chi connectivity index (χ1v) is 7.40. The summed E-state index contributed by atoms with van der Waals surface area (Å²) < 4.78 is 0. The summed E-state index contributed by atoms with van der Waals surface area (Å²) in [4.78, 5) is 5.33. The van der Waals surface area contributed by atoms with Crippen LogP contribution in [0.3, 0.4) is 0 Å². The minimum atomic E-state index is 0.741. The zero-order valence-electron chi connectivity index (χ0n) is 11.6. The fraction of sp³-hybridized carbons (Fsp3) is 0.714. The molecule has 0 atom stereocenters. The topological polar surface area (TPSA) is 15.3 Å². The maximum Gasteiger partial charge on any atom is 0.0325 e. The SMILES string of the molecule is CCCNCc1ccc(CN(C)CC(C)C)s1. The van der Waals surface area contributed by atoms with Gasteiger partial charge < -0.3 is 10.2 Å². The van der Waals surface area contributed by atoms with E-state index in [2.05, 4.69) is 50.2 Å². The van der Waals surface area contributed by atoms with Crippen LogP contribution in [0.25, 0.3) is 0 Å². The van der Waals surface area contributed by atoms with Gasteiger partial charge in [-0.3, -0.25) is 0 Å². The molecule has 0 aliphatic rings. The van der Waals surface area contributed by atoms with Crippen molar-refractivity contribution in [2.75, 3.05) is 20.1 Å². The quantitative estimate of drug-likeness (QED) is 0.716. The van der Waals surface area contributed by atoms with E-state index in [0.29, 0.717) is 0 Å². The lowest BCUT2D eigenvalue weighted by Gasteiger charge is -2.17.